The highest BCUT2D eigenvalue weighted by Gasteiger charge is 2.47. The standard InChI is InChI=1S/C26H31N5O2/c1-17(2)31-14-21(13-28-31)24(32)29-22-7-9-26(10-8-22)15-30(16-26)25(33)20-11-19-6-4-5-18(3)23(19)27-12-20/h4-6,11-14,17,22H,7-10,15-16H2,1-3H3,(H,29,32). The van der Waals surface area contributed by atoms with Gasteiger partial charge in [-0.15, -0.1) is 0 Å². The molecule has 0 unspecified atom stereocenters. The molecule has 2 aliphatic rings. The van der Waals surface area contributed by atoms with Crippen LogP contribution in [-0.4, -0.2) is 50.6 Å². The van der Waals surface area contributed by atoms with Crippen LogP contribution in [0.15, 0.2) is 42.9 Å². The van der Waals surface area contributed by atoms with Gasteiger partial charge in [-0.3, -0.25) is 19.3 Å². The molecule has 5 rings (SSSR count). The van der Waals surface area contributed by atoms with E-state index in [2.05, 4.69) is 15.4 Å². The first kappa shape index (κ1) is 21.6. The lowest BCUT2D eigenvalue weighted by Gasteiger charge is -2.53. The van der Waals surface area contributed by atoms with Crippen molar-refractivity contribution in [2.75, 3.05) is 13.1 Å². The van der Waals surface area contributed by atoms with Crippen LogP contribution in [0.25, 0.3) is 10.9 Å². The highest BCUT2D eigenvalue weighted by molar-refractivity contribution is 5.98. The Morgan fingerprint density at radius 2 is 1.88 bits per heavy atom. The van der Waals surface area contributed by atoms with Gasteiger partial charge in [0.2, 0.25) is 0 Å². The Labute approximate surface area is 194 Å². The third-order valence-electron chi connectivity index (χ3n) is 7.27. The molecule has 2 aromatic heterocycles. The number of likely N-dealkylation sites (tertiary alicyclic amines) is 1. The summed E-state index contributed by atoms with van der Waals surface area (Å²) in [4.78, 5) is 32.1. The zero-order chi connectivity index (χ0) is 23.2. The summed E-state index contributed by atoms with van der Waals surface area (Å²) >= 11 is 0. The van der Waals surface area contributed by atoms with Crippen LogP contribution in [-0.2, 0) is 0 Å². The van der Waals surface area contributed by atoms with Crippen LogP contribution in [0.3, 0.4) is 0 Å². The van der Waals surface area contributed by atoms with E-state index in [1.807, 2.05) is 56.1 Å². The average Bonchev–Trinajstić information content (AvgIpc) is 3.29. The van der Waals surface area contributed by atoms with Gasteiger partial charge in [-0.25, -0.2) is 0 Å². The van der Waals surface area contributed by atoms with Crippen molar-refractivity contribution in [3.05, 3.63) is 59.5 Å². The van der Waals surface area contributed by atoms with Crippen molar-refractivity contribution in [1.29, 1.82) is 0 Å². The summed E-state index contributed by atoms with van der Waals surface area (Å²) in [5, 5.41) is 8.44. The predicted octanol–water partition coefficient (Wildman–Crippen LogP) is 4.14. The summed E-state index contributed by atoms with van der Waals surface area (Å²) in [7, 11) is 0. The highest BCUT2D eigenvalue weighted by atomic mass is 16.2. The quantitative estimate of drug-likeness (QED) is 0.655. The van der Waals surface area contributed by atoms with E-state index in [0.29, 0.717) is 11.1 Å². The van der Waals surface area contributed by atoms with Crippen molar-refractivity contribution in [3.8, 4) is 0 Å². The molecule has 1 aromatic carbocycles. The van der Waals surface area contributed by atoms with Crippen LogP contribution in [0.4, 0.5) is 0 Å². The van der Waals surface area contributed by atoms with Crippen molar-refractivity contribution >= 4 is 22.7 Å². The van der Waals surface area contributed by atoms with Crippen molar-refractivity contribution < 1.29 is 9.59 Å². The number of aromatic nitrogens is 3. The Morgan fingerprint density at radius 1 is 1.12 bits per heavy atom. The first-order valence-corrected chi connectivity index (χ1v) is 11.8. The molecular formula is C26H31N5O2. The summed E-state index contributed by atoms with van der Waals surface area (Å²) in [5.41, 5.74) is 3.53. The molecule has 3 aromatic rings. The van der Waals surface area contributed by atoms with E-state index < -0.39 is 0 Å². The predicted molar refractivity (Wildman–Crippen MR) is 127 cm³/mol. The molecule has 7 nitrogen and oxygen atoms in total. The van der Waals surface area contributed by atoms with Crippen molar-refractivity contribution in [2.45, 2.75) is 58.5 Å². The van der Waals surface area contributed by atoms with Crippen LogP contribution in [0, 0.1) is 12.3 Å². The Hall–Kier alpha value is -3.22. The van der Waals surface area contributed by atoms with Gasteiger partial charge in [0, 0.05) is 48.4 Å². The number of hydrogen-bond donors (Lipinski definition) is 1. The third-order valence-corrected chi connectivity index (χ3v) is 7.27. The fourth-order valence-electron chi connectivity index (χ4n) is 5.22. The van der Waals surface area contributed by atoms with Crippen LogP contribution in [0.2, 0.25) is 0 Å². The number of carbonyl (C=O) groups excluding carboxylic acids is 2. The number of aryl methyl sites for hydroxylation is 1. The molecule has 1 aliphatic heterocycles. The number of nitrogens with one attached hydrogen (secondary N) is 1. The number of nitrogens with zero attached hydrogens (tertiary/aromatic N) is 4. The molecule has 2 fully saturated rings. The van der Waals surface area contributed by atoms with E-state index in [0.717, 1.165) is 55.2 Å². The Morgan fingerprint density at radius 3 is 2.58 bits per heavy atom. The van der Waals surface area contributed by atoms with Gasteiger partial charge in [-0.2, -0.15) is 5.10 Å². The average molecular weight is 446 g/mol. The maximum Gasteiger partial charge on any atom is 0.255 e. The van der Waals surface area contributed by atoms with Gasteiger partial charge in [0.25, 0.3) is 11.8 Å². The molecule has 0 radical (unpaired) electrons. The number of pyridine rings is 1. The lowest BCUT2D eigenvalue weighted by Crippen LogP contribution is -2.60. The molecule has 0 atom stereocenters. The molecule has 33 heavy (non-hydrogen) atoms. The number of benzene rings is 1. The molecule has 3 heterocycles. The van der Waals surface area contributed by atoms with E-state index in [-0.39, 0.29) is 29.3 Å². The Bertz CT molecular complexity index is 1200. The summed E-state index contributed by atoms with van der Waals surface area (Å²) in [5.74, 6) is 0.0152. The fraction of sp³-hybridized carbons (Fsp3) is 0.462. The van der Waals surface area contributed by atoms with E-state index in [1.165, 1.54) is 0 Å². The van der Waals surface area contributed by atoms with Gasteiger partial charge >= 0.3 is 0 Å². The number of amides is 2. The second kappa shape index (κ2) is 8.28. The monoisotopic (exact) mass is 445 g/mol. The SMILES string of the molecule is Cc1cccc2cc(C(=O)N3CC4(CCC(NC(=O)c5cnn(C(C)C)c5)CC4)C3)cnc12. The van der Waals surface area contributed by atoms with Gasteiger partial charge in [0.05, 0.1) is 22.8 Å². The fourth-order valence-corrected chi connectivity index (χ4v) is 5.22. The van der Waals surface area contributed by atoms with Gasteiger partial charge < -0.3 is 10.2 Å². The Kier molecular flexibility index (Phi) is 5.43. The minimum atomic E-state index is -0.0488. The first-order valence-electron chi connectivity index (χ1n) is 11.8. The molecule has 1 spiro atoms. The largest absolute Gasteiger partial charge is 0.349 e. The third kappa shape index (κ3) is 4.12. The number of hydrogen-bond acceptors (Lipinski definition) is 4. The lowest BCUT2D eigenvalue weighted by atomic mass is 9.67. The maximum atomic E-state index is 13.0. The molecule has 7 heteroatoms. The highest BCUT2D eigenvalue weighted by Crippen LogP contribution is 2.44. The van der Waals surface area contributed by atoms with Crippen LogP contribution < -0.4 is 5.32 Å². The molecular weight excluding hydrogens is 414 g/mol. The summed E-state index contributed by atoms with van der Waals surface area (Å²) < 4.78 is 1.80. The first-order chi connectivity index (χ1) is 15.8. The van der Waals surface area contributed by atoms with Crippen molar-refractivity contribution in [3.63, 3.8) is 0 Å². The maximum absolute atomic E-state index is 13.0. The van der Waals surface area contributed by atoms with Crippen molar-refractivity contribution in [1.82, 2.24) is 25.0 Å². The molecule has 2 amide bonds. The molecule has 1 saturated carbocycles. The van der Waals surface area contributed by atoms with E-state index in [1.54, 1.807) is 17.1 Å². The number of rotatable bonds is 4. The zero-order valence-corrected chi connectivity index (χ0v) is 19.5. The smallest absolute Gasteiger partial charge is 0.255 e. The number of para-hydroxylation sites is 1. The van der Waals surface area contributed by atoms with Crippen molar-refractivity contribution in [2.24, 2.45) is 5.41 Å². The minimum absolute atomic E-state index is 0.0488. The summed E-state index contributed by atoms with van der Waals surface area (Å²) in [6, 6.07) is 8.42. The minimum Gasteiger partial charge on any atom is -0.349 e. The Balaban J connectivity index is 1.15. The van der Waals surface area contributed by atoms with Gasteiger partial charge in [0.1, 0.15) is 0 Å². The second-order valence-electron chi connectivity index (χ2n) is 10.1. The summed E-state index contributed by atoms with van der Waals surface area (Å²) in [6.45, 7) is 7.70. The lowest BCUT2D eigenvalue weighted by molar-refractivity contribution is -0.0198. The van der Waals surface area contributed by atoms with E-state index in [9.17, 15) is 9.59 Å². The summed E-state index contributed by atoms with van der Waals surface area (Å²) in [6.07, 6.45) is 9.10. The molecule has 1 N–H and O–H groups in total. The second-order valence-corrected chi connectivity index (χ2v) is 10.1. The number of carbonyl (C=O) groups is 2. The normalized spacial score (nSPS) is 18.0. The van der Waals surface area contributed by atoms with Crippen LogP contribution in [0.5, 0.6) is 0 Å². The molecule has 172 valence electrons. The topological polar surface area (TPSA) is 80.1 Å². The van der Waals surface area contributed by atoms with E-state index >= 15 is 0 Å². The number of fused-ring (bicyclic) bond motifs is 1. The van der Waals surface area contributed by atoms with E-state index in [4.69, 9.17) is 0 Å². The molecule has 0 bridgehead atoms. The molecule has 1 aliphatic carbocycles. The zero-order valence-electron chi connectivity index (χ0n) is 19.5. The molecule has 1 saturated heterocycles. The van der Waals surface area contributed by atoms with Crippen LogP contribution >= 0.6 is 0 Å². The van der Waals surface area contributed by atoms with Crippen LogP contribution in [0.1, 0.15) is 71.9 Å². The van der Waals surface area contributed by atoms with Gasteiger partial charge in [-0.1, -0.05) is 18.2 Å². The van der Waals surface area contributed by atoms with Gasteiger partial charge in [-0.05, 0) is 58.1 Å². The van der Waals surface area contributed by atoms with Gasteiger partial charge in [0.15, 0.2) is 0 Å².